The van der Waals surface area contributed by atoms with Crippen molar-refractivity contribution in [3.05, 3.63) is 71.2 Å². The molecule has 0 radical (unpaired) electrons. The molecule has 1 N–H and O–H groups in total. The number of methoxy groups -OCH3 is 1. The Morgan fingerprint density at radius 3 is 2.66 bits per heavy atom. The summed E-state index contributed by atoms with van der Waals surface area (Å²) in [6.45, 7) is 2.33. The summed E-state index contributed by atoms with van der Waals surface area (Å²) in [4.78, 5) is 19.2. The number of hydrogen-bond donors (Lipinski definition) is 1. The first-order valence-corrected chi connectivity index (χ1v) is 11.9. The van der Waals surface area contributed by atoms with E-state index in [-0.39, 0.29) is 11.9 Å². The third-order valence-corrected chi connectivity index (χ3v) is 6.49. The lowest BCUT2D eigenvalue weighted by Crippen LogP contribution is -2.44. The summed E-state index contributed by atoms with van der Waals surface area (Å²) in [6, 6.07) is 16.1. The third-order valence-electron chi connectivity index (χ3n) is 5.66. The van der Waals surface area contributed by atoms with Crippen molar-refractivity contribution in [2.45, 2.75) is 38.3 Å². The Hall–Kier alpha value is -3.06. The fourth-order valence-corrected chi connectivity index (χ4v) is 4.57. The molecule has 1 aromatic heterocycles. The van der Waals surface area contributed by atoms with Gasteiger partial charge >= 0.3 is 0 Å². The van der Waals surface area contributed by atoms with Crippen molar-refractivity contribution in [3.63, 3.8) is 0 Å². The molecule has 32 heavy (non-hydrogen) atoms. The van der Waals surface area contributed by atoms with Gasteiger partial charge in [0.05, 0.1) is 7.11 Å². The van der Waals surface area contributed by atoms with Crippen LogP contribution in [-0.2, 0) is 17.8 Å². The largest absolute Gasteiger partial charge is 0.493 e. The number of ether oxygens (including phenoxy) is 2. The average molecular weight is 452 g/mol. The number of amides is 1. The number of carbonyl (C=O) groups excluding carboxylic acids is 1. The summed E-state index contributed by atoms with van der Waals surface area (Å²) in [5.41, 5.74) is 2.16. The van der Waals surface area contributed by atoms with Crippen molar-refractivity contribution in [2.75, 3.05) is 25.1 Å². The Bertz CT molecular complexity index is 987. The highest BCUT2D eigenvalue weighted by Gasteiger charge is 2.22. The van der Waals surface area contributed by atoms with Crippen LogP contribution in [0.2, 0.25) is 0 Å². The zero-order valence-electron chi connectivity index (χ0n) is 18.3. The summed E-state index contributed by atoms with van der Waals surface area (Å²) >= 11 is 1.66. The maximum Gasteiger partial charge on any atom is 0.220 e. The first-order valence-electron chi connectivity index (χ1n) is 11.0. The van der Waals surface area contributed by atoms with Gasteiger partial charge < -0.3 is 19.7 Å². The molecule has 7 heteroatoms. The van der Waals surface area contributed by atoms with Gasteiger partial charge in [0.1, 0.15) is 6.61 Å². The highest BCUT2D eigenvalue weighted by atomic mass is 32.1. The molecule has 1 aliphatic rings. The van der Waals surface area contributed by atoms with Gasteiger partial charge in [0.15, 0.2) is 16.6 Å². The molecule has 4 rings (SSSR count). The Labute approximate surface area is 193 Å². The lowest BCUT2D eigenvalue weighted by atomic mass is 10.0. The number of carbonyl (C=O) groups is 1. The minimum absolute atomic E-state index is 0.0975. The first kappa shape index (κ1) is 22.1. The van der Waals surface area contributed by atoms with Crippen LogP contribution in [0.3, 0.4) is 0 Å². The van der Waals surface area contributed by atoms with Crippen LogP contribution >= 0.6 is 11.3 Å². The summed E-state index contributed by atoms with van der Waals surface area (Å²) in [6.07, 6.45) is 4.86. The summed E-state index contributed by atoms with van der Waals surface area (Å²) < 4.78 is 11.4. The molecule has 2 heterocycles. The van der Waals surface area contributed by atoms with Gasteiger partial charge in [-0.05, 0) is 42.5 Å². The van der Waals surface area contributed by atoms with Gasteiger partial charge in [-0.15, -0.1) is 11.3 Å². The van der Waals surface area contributed by atoms with E-state index in [9.17, 15) is 4.79 Å². The topological polar surface area (TPSA) is 63.7 Å². The van der Waals surface area contributed by atoms with E-state index in [0.29, 0.717) is 30.9 Å². The fraction of sp³-hybridized carbons (Fsp3) is 0.360. The van der Waals surface area contributed by atoms with Crippen molar-refractivity contribution in [1.82, 2.24) is 10.3 Å². The molecule has 0 saturated carbocycles. The smallest absolute Gasteiger partial charge is 0.220 e. The van der Waals surface area contributed by atoms with Gasteiger partial charge in [-0.2, -0.15) is 0 Å². The van der Waals surface area contributed by atoms with Crippen LogP contribution in [0.1, 0.15) is 30.4 Å². The predicted molar refractivity (Wildman–Crippen MR) is 128 cm³/mol. The number of aromatic nitrogens is 1. The Morgan fingerprint density at radius 1 is 1.12 bits per heavy atom. The molecule has 1 saturated heterocycles. The van der Waals surface area contributed by atoms with Crippen molar-refractivity contribution in [1.29, 1.82) is 0 Å². The van der Waals surface area contributed by atoms with E-state index < -0.39 is 0 Å². The van der Waals surface area contributed by atoms with E-state index in [1.54, 1.807) is 18.4 Å². The highest BCUT2D eigenvalue weighted by molar-refractivity contribution is 7.13. The summed E-state index contributed by atoms with van der Waals surface area (Å²) in [5.74, 6) is 1.49. The number of piperidine rings is 1. The second-order valence-corrected chi connectivity index (χ2v) is 8.78. The second-order valence-electron chi connectivity index (χ2n) is 7.90. The van der Waals surface area contributed by atoms with Gasteiger partial charge in [0.25, 0.3) is 0 Å². The Morgan fingerprint density at radius 2 is 1.94 bits per heavy atom. The zero-order chi connectivity index (χ0) is 22.2. The number of benzene rings is 2. The van der Waals surface area contributed by atoms with Gasteiger partial charge in [-0.1, -0.05) is 36.4 Å². The summed E-state index contributed by atoms with van der Waals surface area (Å²) in [5, 5.41) is 6.27. The molecule has 0 aliphatic carbocycles. The van der Waals surface area contributed by atoms with Crippen LogP contribution in [0.5, 0.6) is 11.5 Å². The third kappa shape index (κ3) is 6.01. The minimum Gasteiger partial charge on any atom is -0.493 e. The van der Waals surface area contributed by atoms with Crippen LogP contribution < -0.4 is 19.7 Å². The molecule has 168 valence electrons. The van der Waals surface area contributed by atoms with E-state index in [0.717, 1.165) is 42.2 Å². The van der Waals surface area contributed by atoms with E-state index in [2.05, 4.69) is 15.2 Å². The van der Waals surface area contributed by atoms with Crippen LogP contribution in [0, 0.1) is 0 Å². The number of nitrogens with zero attached hydrogens (tertiary/aromatic N) is 2. The number of hydrogen-bond acceptors (Lipinski definition) is 6. The van der Waals surface area contributed by atoms with Crippen molar-refractivity contribution >= 4 is 22.4 Å². The zero-order valence-corrected chi connectivity index (χ0v) is 19.1. The molecule has 2 aromatic carbocycles. The molecule has 1 fully saturated rings. The van der Waals surface area contributed by atoms with Crippen molar-refractivity contribution in [3.8, 4) is 11.5 Å². The molecule has 0 unspecified atom stereocenters. The number of nitrogens with one attached hydrogen (secondary N) is 1. The Kier molecular flexibility index (Phi) is 7.61. The van der Waals surface area contributed by atoms with Gasteiger partial charge in [0.2, 0.25) is 5.91 Å². The van der Waals surface area contributed by atoms with Crippen molar-refractivity contribution in [2.24, 2.45) is 0 Å². The second kappa shape index (κ2) is 11.0. The number of aryl methyl sites for hydroxylation is 1. The molecule has 0 spiro atoms. The minimum atomic E-state index is 0.0975. The molecule has 3 aromatic rings. The van der Waals surface area contributed by atoms with E-state index in [1.807, 2.05) is 60.1 Å². The van der Waals surface area contributed by atoms with Crippen LogP contribution in [-0.4, -0.2) is 37.1 Å². The molecule has 1 amide bonds. The Balaban J connectivity index is 1.25. The van der Waals surface area contributed by atoms with Crippen LogP contribution in [0.25, 0.3) is 0 Å². The number of anilines is 1. The molecule has 0 atom stereocenters. The molecule has 1 aliphatic heterocycles. The normalized spacial score (nSPS) is 14.2. The maximum absolute atomic E-state index is 12.5. The molecule has 0 bridgehead atoms. The molecule has 6 nitrogen and oxygen atoms in total. The molecular weight excluding hydrogens is 422 g/mol. The standard InChI is InChI=1S/C25H29N3O3S/c1-30-22-9-7-19(17-23(22)31-18-20-5-3-2-4-6-20)8-10-24(29)27-21-11-14-28(15-12-21)25-26-13-16-32-25/h2-7,9,13,16-17,21H,8,10-12,14-15,18H2,1H3,(H,27,29). The van der Waals surface area contributed by atoms with Crippen LogP contribution in [0.15, 0.2) is 60.1 Å². The van der Waals surface area contributed by atoms with E-state index in [4.69, 9.17) is 9.47 Å². The first-order chi connectivity index (χ1) is 15.7. The predicted octanol–water partition coefficient (Wildman–Crippen LogP) is 4.45. The van der Waals surface area contributed by atoms with Gasteiger partial charge in [-0.25, -0.2) is 4.98 Å². The maximum atomic E-state index is 12.5. The summed E-state index contributed by atoms with van der Waals surface area (Å²) in [7, 11) is 1.64. The van der Waals surface area contributed by atoms with Gasteiger partial charge in [0, 0.05) is 37.1 Å². The fourth-order valence-electron chi connectivity index (χ4n) is 3.87. The SMILES string of the molecule is COc1ccc(CCC(=O)NC2CCN(c3nccs3)CC2)cc1OCc1ccccc1. The quantitative estimate of drug-likeness (QED) is 0.521. The number of rotatable bonds is 9. The van der Waals surface area contributed by atoms with Crippen LogP contribution in [0.4, 0.5) is 5.13 Å². The average Bonchev–Trinajstić information content (AvgIpc) is 3.38. The highest BCUT2D eigenvalue weighted by Crippen LogP contribution is 2.29. The number of thiazole rings is 1. The lowest BCUT2D eigenvalue weighted by molar-refractivity contribution is -0.121. The van der Waals surface area contributed by atoms with Crippen molar-refractivity contribution < 1.29 is 14.3 Å². The lowest BCUT2D eigenvalue weighted by Gasteiger charge is -2.32. The van der Waals surface area contributed by atoms with E-state index >= 15 is 0 Å². The van der Waals surface area contributed by atoms with E-state index in [1.165, 1.54) is 0 Å². The monoisotopic (exact) mass is 451 g/mol. The van der Waals surface area contributed by atoms with Gasteiger partial charge in [-0.3, -0.25) is 4.79 Å². The molecular formula is C25H29N3O3S.